The molecule has 0 amide bonds. The maximum Gasteiger partial charge on any atom is 0.170 e. The Morgan fingerprint density at radius 3 is 2.55 bits per heavy atom. The summed E-state index contributed by atoms with van der Waals surface area (Å²) >= 11 is 0. The molecule has 0 bridgehead atoms. The van der Waals surface area contributed by atoms with Crippen molar-refractivity contribution in [3.05, 3.63) is 84.1 Å². The van der Waals surface area contributed by atoms with Gasteiger partial charge in [-0.2, -0.15) is 0 Å². The molecular weight excluding hydrogens is 382 g/mol. The quantitative estimate of drug-likeness (QED) is 0.578. The zero-order valence-electron chi connectivity index (χ0n) is 18.7. The number of rotatable bonds is 4. The van der Waals surface area contributed by atoms with E-state index in [1.165, 1.54) is 22.5 Å². The summed E-state index contributed by atoms with van der Waals surface area (Å²) in [7, 11) is 4.12. The molecule has 0 saturated carbocycles. The largest absolute Gasteiger partial charge is 0.378 e. The molecule has 4 nitrogen and oxygen atoms in total. The van der Waals surface area contributed by atoms with Crippen LogP contribution < -0.4 is 9.80 Å². The van der Waals surface area contributed by atoms with Gasteiger partial charge in [0.1, 0.15) is 0 Å². The zero-order valence-corrected chi connectivity index (χ0v) is 18.7. The number of aromatic nitrogens is 1. The lowest BCUT2D eigenvalue weighted by Gasteiger charge is -2.39. The molecule has 1 unspecified atom stereocenters. The SMILES string of the molecule is CN(C)c1ccc(/C=C\C23OCCN2c2ccc(-c4ccccn4)cc2C3(C)C)cc1. The average Bonchev–Trinajstić information content (AvgIpc) is 3.30. The van der Waals surface area contributed by atoms with Crippen LogP contribution in [0.25, 0.3) is 17.3 Å². The highest BCUT2D eigenvalue weighted by Crippen LogP contribution is 2.55. The molecule has 158 valence electrons. The monoisotopic (exact) mass is 411 g/mol. The van der Waals surface area contributed by atoms with Crippen molar-refractivity contribution in [2.75, 3.05) is 37.0 Å². The van der Waals surface area contributed by atoms with Crippen molar-refractivity contribution < 1.29 is 4.74 Å². The van der Waals surface area contributed by atoms with Gasteiger partial charge in [0.15, 0.2) is 5.72 Å². The van der Waals surface area contributed by atoms with E-state index in [9.17, 15) is 0 Å². The van der Waals surface area contributed by atoms with Gasteiger partial charge in [-0.25, -0.2) is 0 Å². The standard InChI is InChI=1S/C27H29N3O/c1-26(2)23-19-21(24-7-5-6-16-28-24)10-13-25(23)30-17-18-31-27(26,30)15-14-20-8-11-22(12-9-20)29(3)4/h5-16,19H,17-18H2,1-4H3/b15-14-. The van der Waals surface area contributed by atoms with Crippen molar-refractivity contribution in [3.8, 4) is 11.3 Å². The smallest absolute Gasteiger partial charge is 0.170 e. The molecule has 2 aliphatic heterocycles. The predicted molar refractivity (Wildman–Crippen MR) is 129 cm³/mol. The molecule has 1 atom stereocenters. The number of benzene rings is 2. The van der Waals surface area contributed by atoms with Crippen LogP contribution in [0.1, 0.15) is 25.0 Å². The first-order valence-corrected chi connectivity index (χ1v) is 10.9. The van der Waals surface area contributed by atoms with Gasteiger partial charge in [-0.3, -0.25) is 4.98 Å². The maximum atomic E-state index is 6.51. The first-order chi connectivity index (χ1) is 14.9. The molecule has 4 heteroatoms. The fourth-order valence-electron chi connectivity index (χ4n) is 4.95. The normalized spacial score (nSPS) is 21.4. The molecule has 5 rings (SSSR count). The Kier molecular flexibility index (Phi) is 4.63. The topological polar surface area (TPSA) is 28.6 Å². The second-order valence-electron chi connectivity index (χ2n) is 9.09. The van der Waals surface area contributed by atoms with E-state index in [1.807, 2.05) is 18.3 Å². The van der Waals surface area contributed by atoms with Crippen molar-refractivity contribution in [1.29, 1.82) is 0 Å². The van der Waals surface area contributed by atoms with Crippen LogP contribution in [0.3, 0.4) is 0 Å². The Labute approximate surface area is 184 Å². The van der Waals surface area contributed by atoms with Crippen LogP contribution in [0, 0.1) is 0 Å². The lowest BCUT2D eigenvalue weighted by Crippen LogP contribution is -2.51. The van der Waals surface area contributed by atoms with Crippen LogP contribution in [-0.4, -0.2) is 38.0 Å². The van der Waals surface area contributed by atoms with E-state index in [-0.39, 0.29) is 5.41 Å². The van der Waals surface area contributed by atoms with E-state index in [2.05, 4.69) is 103 Å². The third kappa shape index (κ3) is 3.05. The molecule has 3 aromatic rings. The highest BCUT2D eigenvalue weighted by atomic mass is 16.5. The van der Waals surface area contributed by atoms with Gasteiger partial charge in [0.25, 0.3) is 0 Å². The molecule has 0 radical (unpaired) electrons. The van der Waals surface area contributed by atoms with Crippen LogP contribution >= 0.6 is 0 Å². The van der Waals surface area contributed by atoms with Gasteiger partial charge < -0.3 is 14.5 Å². The lowest BCUT2D eigenvalue weighted by molar-refractivity contribution is 0.000346. The Bertz CT molecular complexity index is 1120. The third-order valence-electron chi connectivity index (χ3n) is 6.77. The molecule has 31 heavy (non-hydrogen) atoms. The molecule has 2 aliphatic rings. The van der Waals surface area contributed by atoms with Crippen molar-refractivity contribution in [1.82, 2.24) is 4.98 Å². The average molecular weight is 412 g/mol. The number of hydrogen-bond donors (Lipinski definition) is 0. The van der Waals surface area contributed by atoms with Gasteiger partial charge in [-0.15, -0.1) is 0 Å². The van der Waals surface area contributed by atoms with Gasteiger partial charge in [0, 0.05) is 49.2 Å². The van der Waals surface area contributed by atoms with Crippen molar-refractivity contribution in [2.24, 2.45) is 0 Å². The summed E-state index contributed by atoms with van der Waals surface area (Å²) in [5.41, 5.74) is 6.40. The summed E-state index contributed by atoms with van der Waals surface area (Å²) < 4.78 is 6.51. The van der Waals surface area contributed by atoms with Gasteiger partial charge in [-0.1, -0.05) is 44.2 Å². The number of pyridine rings is 1. The predicted octanol–water partition coefficient (Wildman–Crippen LogP) is 5.35. The second-order valence-corrected chi connectivity index (χ2v) is 9.09. The second kappa shape index (κ2) is 7.24. The highest BCUT2D eigenvalue weighted by molar-refractivity contribution is 5.75. The van der Waals surface area contributed by atoms with Crippen LogP contribution in [0.2, 0.25) is 0 Å². The minimum atomic E-state index is -0.488. The molecule has 3 heterocycles. The number of nitrogens with zero attached hydrogens (tertiary/aromatic N) is 3. The van der Waals surface area contributed by atoms with Crippen LogP contribution in [0.15, 0.2) is 72.9 Å². The van der Waals surface area contributed by atoms with E-state index < -0.39 is 5.72 Å². The fraction of sp³-hybridized carbons (Fsp3) is 0.296. The van der Waals surface area contributed by atoms with Crippen LogP contribution in [0.4, 0.5) is 11.4 Å². The third-order valence-corrected chi connectivity index (χ3v) is 6.77. The summed E-state index contributed by atoms with van der Waals surface area (Å²) in [4.78, 5) is 9.09. The molecule has 0 N–H and O–H groups in total. The van der Waals surface area contributed by atoms with Crippen molar-refractivity contribution >= 4 is 17.5 Å². The fourth-order valence-corrected chi connectivity index (χ4v) is 4.95. The molecule has 2 aromatic carbocycles. The van der Waals surface area contributed by atoms with E-state index in [0.29, 0.717) is 0 Å². The number of hydrogen-bond acceptors (Lipinski definition) is 4. The first kappa shape index (κ1) is 19.8. The molecular formula is C27H29N3O. The van der Waals surface area contributed by atoms with E-state index in [0.717, 1.165) is 24.4 Å². The summed E-state index contributed by atoms with van der Waals surface area (Å²) in [5.74, 6) is 0. The number of ether oxygens (including phenoxy) is 1. The molecule has 1 saturated heterocycles. The molecule has 1 aromatic heterocycles. The maximum absolute atomic E-state index is 6.51. The van der Waals surface area contributed by atoms with E-state index in [4.69, 9.17) is 4.74 Å². The van der Waals surface area contributed by atoms with Gasteiger partial charge >= 0.3 is 0 Å². The Morgan fingerprint density at radius 2 is 1.84 bits per heavy atom. The zero-order chi connectivity index (χ0) is 21.6. The van der Waals surface area contributed by atoms with E-state index in [1.54, 1.807) is 0 Å². The summed E-state index contributed by atoms with van der Waals surface area (Å²) in [6, 6.07) is 21.4. The summed E-state index contributed by atoms with van der Waals surface area (Å²) in [6.45, 7) is 6.20. The molecule has 1 fully saturated rings. The Morgan fingerprint density at radius 1 is 1.03 bits per heavy atom. The summed E-state index contributed by atoms with van der Waals surface area (Å²) in [6.07, 6.45) is 6.30. The minimum absolute atomic E-state index is 0.205. The van der Waals surface area contributed by atoms with Gasteiger partial charge in [0.2, 0.25) is 0 Å². The highest BCUT2D eigenvalue weighted by Gasteiger charge is 2.59. The minimum Gasteiger partial charge on any atom is -0.378 e. The van der Waals surface area contributed by atoms with Crippen molar-refractivity contribution in [3.63, 3.8) is 0 Å². The first-order valence-electron chi connectivity index (χ1n) is 10.9. The molecule has 0 aliphatic carbocycles. The van der Waals surface area contributed by atoms with E-state index >= 15 is 0 Å². The summed E-state index contributed by atoms with van der Waals surface area (Å²) in [5, 5.41) is 0. The van der Waals surface area contributed by atoms with Gasteiger partial charge in [-0.05, 0) is 53.6 Å². The van der Waals surface area contributed by atoms with Crippen LogP contribution in [-0.2, 0) is 10.2 Å². The Hall–Kier alpha value is -3.11. The van der Waals surface area contributed by atoms with Crippen molar-refractivity contribution in [2.45, 2.75) is 25.0 Å². The van der Waals surface area contributed by atoms with Gasteiger partial charge in [0.05, 0.1) is 12.3 Å². The molecule has 0 spiro atoms. The number of anilines is 2. The lowest BCUT2D eigenvalue weighted by atomic mass is 9.76. The number of fused-ring (bicyclic) bond motifs is 3. The van der Waals surface area contributed by atoms with Crippen LogP contribution in [0.5, 0.6) is 0 Å². The Balaban J connectivity index is 1.53.